The topological polar surface area (TPSA) is 49.8 Å². The molecule has 2 nitrogen and oxygen atoms in total. The first-order valence-corrected chi connectivity index (χ1v) is 7.55. The van der Waals surface area contributed by atoms with Gasteiger partial charge in [0.15, 0.2) is 0 Å². The summed E-state index contributed by atoms with van der Waals surface area (Å²) in [4.78, 5) is 1.29. The summed E-state index contributed by atoms with van der Waals surface area (Å²) in [6.07, 6.45) is 3.18. The predicted molar refractivity (Wildman–Crippen MR) is 79.9 cm³/mol. The van der Waals surface area contributed by atoms with Gasteiger partial charge in [-0.1, -0.05) is 41.0 Å². The lowest BCUT2D eigenvalue weighted by atomic mass is 9.69. The Hall–Kier alpha value is -1.01. The average molecular weight is 264 g/mol. The second kappa shape index (κ2) is 5.75. The van der Waals surface area contributed by atoms with Crippen LogP contribution < -0.4 is 5.73 Å². The van der Waals surface area contributed by atoms with E-state index in [-0.39, 0.29) is 5.41 Å². The summed E-state index contributed by atoms with van der Waals surface area (Å²) in [7, 11) is 0. The summed E-state index contributed by atoms with van der Waals surface area (Å²) in [5.41, 5.74) is 8.01. The van der Waals surface area contributed by atoms with Crippen LogP contribution in [0, 0.1) is 17.2 Å². The second-order valence-electron chi connectivity index (χ2n) is 5.43. The Labute approximate surface area is 115 Å². The van der Waals surface area contributed by atoms with Crippen molar-refractivity contribution < 1.29 is 0 Å². The van der Waals surface area contributed by atoms with E-state index in [1.165, 1.54) is 10.4 Å². The van der Waals surface area contributed by atoms with Gasteiger partial charge in [0, 0.05) is 4.88 Å². The first-order valence-electron chi connectivity index (χ1n) is 6.74. The Kier molecular flexibility index (Phi) is 4.81. The molecule has 0 fully saturated rings. The summed E-state index contributed by atoms with van der Waals surface area (Å²) in [6, 6.07) is 2.32. The number of nitrogens with two attached hydrogens (primary N) is 1. The van der Waals surface area contributed by atoms with Crippen molar-refractivity contribution in [2.75, 3.05) is 5.73 Å². The van der Waals surface area contributed by atoms with Crippen molar-refractivity contribution in [1.82, 2.24) is 0 Å². The highest BCUT2D eigenvalue weighted by atomic mass is 32.1. The van der Waals surface area contributed by atoms with Crippen molar-refractivity contribution in [2.24, 2.45) is 5.92 Å². The number of aryl methyl sites for hydroxylation is 1. The standard InChI is InChI=1S/C15H24N2S/c1-6-8-15(5,10(3)4)13-11(9-16)14(17)18-12(13)7-2/h10H,6-8,17H2,1-5H3. The van der Waals surface area contributed by atoms with E-state index >= 15 is 0 Å². The predicted octanol–water partition coefficient (Wildman–Crippen LogP) is 4.48. The molecule has 2 N–H and O–H groups in total. The van der Waals surface area contributed by atoms with Gasteiger partial charge in [0.1, 0.15) is 11.1 Å². The largest absolute Gasteiger partial charge is 0.389 e. The van der Waals surface area contributed by atoms with Gasteiger partial charge in [0.05, 0.1) is 5.56 Å². The fourth-order valence-electron chi connectivity index (χ4n) is 2.68. The molecule has 1 aromatic heterocycles. The highest BCUT2D eigenvalue weighted by Gasteiger charge is 2.35. The number of hydrogen-bond acceptors (Lipinski definition) is 3. The molecule has 1 rings (SSSR count). The van der Waals surface area contributed by atoms with Crippen LogP contribution in [0.3, 0.4) is 0 Å². The maximum absolute atomic E-state index is 9.40. The molecule has 3 heteroatoms. The molecular weight excluding hydrogens is 240 g/mol. The molecule has 0 aliphatic carbocycles. The monoisotopic (exact) mass is 264 g/mol. The summed E-state index contributed by atoms with van der Waals surface area (Å²) in [6.45, 7) is 11.1. The van der Waals surface area contributed by atoms with Gasteiger partial charge in [-0.15, -0.1) is 11.3 Å². The van der Waals surface area contributed by atoms with E-state index in [2.05, 4.69) is 40.7 Å². The molecule has 1 aromatic rings. The quantitative estimate of drug-likeness (QED) is 0.852. The number of rotatable bonds is 5. The van der Waals surface area contributed by atoms with E-state index in [0.29, 0.717) is 10.9 Å². The molecule has 0 radical (unpaired) electrons. The molecule has 0 saturated heterocycles. The fraction of sp³-hybridized carbons (Fsp3) is 0.667. The first-order chi connectivity index (χ1) is 8.42. The molecule has 0 spiro atoms. The van der Waals surface area contributed by atoms with Crippen molar-refractivity contribution in [2.45, 2.75) is 59.3 Å². The number of nitrogen functional groups attached to an aromatic ring is 1. The third-order valence-electron chi connectivity index (χ3n) is 4.06. The Morgan fingerprint density at radius 3 is 2.39 bits per heavy atom. The SMILES string of the molecule is CCCC(C)(c1c(CC)sc(N)c1C#N)C(C)C. The highest BCUT2D eigenvalue weighted by molar-refractivity contribution is 7.16. The van der Waals surface area contributed by atoms with E-state index in [1.807, 2.05) is 0 Å². The number of thiophene rings is 1. The first kappa shape index (κ1) is 15.0. The summed E-state index contributed by atoms with van der Waals surface area (Å²) < 4.78 is 0. The van der Waals surface area contributed by atoms with Crippen LogP contribution in [0.25, 0.3) is 0 Å². The highest BCUT2D eigenvalue weighted by Crippen LogP contribution is 2.45. The zero-order valence-electron chi connectivity index (χ0n) is 12.1. The van der Waals surface area contributed by atoms with E-state index in [4.69, 9.17) is 5.73 Å². The fourth-order valence-corrected chi connectivity index (χ4v) is 3.78. The minimum absolute atomic E-state index is 0.0548. The molecule has 0 bridgehead atoms. The molecule has 0 amide bonds. The average Bonchev–Trinajstić information content (AvgIpc) is 2.65. The lowest BCUT2D eigenvalue weighted by molar-refractivity contribution is 0.309. The van der Waals surface area contributed by atoms with Gasteiger partial charge in [-0.2, -0.15) is 5.26 Å². The van der Waals surface area contributed by atoms with Crippen LogP contribution in [-0.4, -0.2) is 0 Å². The van der Waals surface area contributed by atoms with Gasteiger partial charge in [-0.25, -0.2) is 0 Å². The van der Waals surface area contributed by atoms with Crippen LogP contribution >= 0.6 is 11.3 Å². The van der Waals surface area contributed by atoms with E-state index in [9.17, 15) is 5.26 Å². The molecule has 1 heterocycles. The molecule has 0 aliphatic rings. The van der Waals surface area contributed by atoms with Crippen molar-refractivity contribution in [3.63, 3.8) is 0 Å². The minimum Gasteiger partial charge on any atom is -0.389 e. The minimum atomic E-state index is 0.0548. The van der Waals surface area contributed by atoms with Crippen molar-refractivity contribution in [1.29, 1.82) is 5.26 Å². The number of nitriles is 1. The van der Waals surface area contributed by atoms with Gasteiger partial charge in [-0.3, -0.25) is 0 Å². The Balaban J connectivity index is 3.49. The smallest absolute Gasteiger partial charge is 0.104 e. The van der Waals surface area contributed by atoms with Gasteiger partial charge < -0.3 is 5.73 Å². The molecule has 1 unspecified atom stereocenters. The zero-order chi connectivity index (χ0) is 13.9. The van der Waals surface area contributed by atoms with Crippen molar-refractivity contribution in [3.05, 3.63) is 16.0 Å². The summed E-state index contributed by atoms with van der Waals surface area (Å²) in [5, 5.41) is 10.1. The molecule has 0 saturated carbocycles. The molecule has 100 valence electrons. The lowest BCUT2D eigenvalue weighted by Gasteiger charge is -2.35. The molecule has 1 atom stereocenters. The normalized spacial score (nSPS) is 14.5. The van der Waals surface area contributed by atoms with Gasteiger partial charge in [0.25, 0.3) is 0 Å². The Bertz CT molecular complexity index is 454. The number of hydrogen-bond donors (Lipinski definition) is 1. The van der Waals surface area contributed by atoms with Crippen LogP contribution in [0.2, 0.25) is 0 Å². The summed E-state index contributed by atoms with van der Waals surface area (Å²) in [5.74, 6) is 0.504. The van der Waals surface area contributed by atoms with Gasteiger partial charge >= 0.3 is 0 Å². The van der Waals surface area contributed by atoms with Gasteiger partial charge in [0.2, 0.25) is 0 Å². The molecular formula is C15H24N2S. The maximum Gasteiger partial charge on any atom is 0.104 e. The lowest BCUT2D eigenvalue weighted by Crippen LogP contribution is -2.30. The Morgan fingerprint density at radius 2 is 2.00 bits per heavy atom. The molecule has 0 aliphatic heterocycles. The van der Waals surface area contributed by atoms with E-state index in [1.54, 1.807) is 11.3 Å². The zero-order valence-corrected chi connectivity index (χ0v) is 12.9. The van der Waals surface area contributed by atoms with Crippen LogP contribution in [0.4, 0.5) is 5.00 Å². The third-order valence-corrected chi connectivity index (χ3v) is 5.22. The van der Waals surface area contributed by atoms with Crippen LogP contribution in [0.5, 0.6) is 0 Å². The molecule has 0 aromatic carbocycles. The van der Waals surface area contributed by atoms with Gasteiger partial charge in [-0.05, 0) is 29.7 Å². The van der Waals surface area contributed by atoms with E-state index < -0.39 is 0 Å². The van der Waals surface area contributed by atoms with Crippen LogP contribution in [0.1, 0.15) is 63.5 Å². The maximum atomic E-state index is 9.40. The van der Waals surface area contributed by atoms with Crippen LogP contribution in [-0.2, 0) is 11.8 Å². The second-order valence-corrected chi connectivity index (χ2v) is 6.56. The van der Waals surface area contributed by atoms with Crippen molar-refractivity contribution in [3.8, 4) is 6.07 Å². The third kappa shape index (κ3) is 2.40. The number of anilines is 1. The Morgan fingerprint density at radius 1 is 1.39 bits per heavy atom. The van der Waals surface area contributed by atoms with Crippen molar-refractivity contribution >= 4 is 16.3 Å². The number of nitrogens with zero attached hydrogens (tertiary/aromatic N) is 1. The van der Waals surface area contributed by atoms with Crippen LogP contribution in [0.15, 0.2) is 0 Å². The molecule has 18 heavy (non-hydrogen) atoms. The summed E-state index contributed by atoms with van der Waals surface area (Å²) >= 11 is 1.59. The van der Waals surface area contributed by atoms with E-state index in [0.717, 1.165) is 24.8 Å².